The van der Waals surface area contributed by atoms with Crippen LogP contribution in [0.2, 0.25) is 0 Å². The smallest absolute Gasteiger partial charge is 0.338 e. The molecular formula is C19H20O6S. The van der Waals surface area contributed by atoms with Crippen molar-refractivity contribution >= 4 is 21.6 Å². The van der Waals surface area contributed by atoms with E-state index in [1.54, 1.807) is 36.4 Å². The summed E-state index contributed by atoms with van der Waals surface area (Å²) in [5.41, 5.74) is 1.08. The molecule has 0 aliphatic rings. The van der Waals surface area contributed by atoms with E-state index < -0.39 is 21.9 Å². The summed E-state index contributed by atoms with van der Waals surface area (Å²) in [7, 11) is -1.69. The van der Waals surface area contributed by atoms with Gasteiger partial charge in [0, 0.05) is 11.8 Å². The highest BCUT2D eigenvalue weighted by molar-refractivity contribution is 7.89. The van der Waals surface area contributed by atoms with Gasteiger partial charge in [-0.05, 0) is 48.9 Å². The second-order valence-electron chi connectivity index (χ2n) is 5.91. The number of ketones is 1. The summed E-state index contributed by atoms with van der Waals surface area (Å²) in [4.78, 5) is 24.6. The van der Waals surface area contributed by atoms with E-state index in [2.05, 4.69) is 0 Å². The van der Waals surface area contributed by atoms with Crippen LogP contribution < -0.4 is 4.74 Å². The third-order valence-corrected chi connectivity index (χ3v) is 4.48. The number of benzene rings is 2. The molecule has 0 aromatic heterocycles. The van der Waals surface area contributed by atoms with Gasteiger partial charge in [-0.2, -0.15) is 0 Å². The number of hydrogen-bond donors (Lipinski definition) is 0. The van der Waals surface area contributed by atoms with Gasteiger partial charge in [0.2, 0.25) is 5.78 Å². The average Bonchev–Trinajstić information content (AvgIpc) is 2.59. The number of ether oxygens (including phenoxy) is 2. The zero-order valence-corrected chi connectivity index (χ0v) is 15.6. The maximum Gasteiger partial charge on any atom is 0.338 e. The van der Waals surface area contributed by atoms with Gasteiger partial charge < -0.3 is 9.47 Å². The van der Waals surface area contributed by atoms with Crippen LogP contribution in [-0.4, -0.2) is 39.6 Å². The lowest BCUT2D eigenvalue weighted by Gasteiger charge is -2.13. The minimum atomic E-state index is -3.21. The summed E-state index contributed by atoms with van der Waals surface area (Å²) in [6.07, 6.45) is 0.141. The van der Waals surface area contributed by atoms with Crippen molar-refractivity contribution in [1.82, 2.24) is 0 Å². The molecule has 0 amide bonds. The standard InChI is InChI=1S/C19H20O6S/c1-13(18(20)15-7-9-17(24-2)10-8-15)25-19(21)16-6-4-5-14(11-16)12-26(3,22)23/h4-11,13H,12H2,1-3H3/t13-/m1/s1. The molecule has 0 N–H and O–H groups in total. The number of methoxy groups -OCH3 is 1. The summed E-state index contributed by atoms with van der Waals surface area (Å²) >= 11 is 0. The van der Waals surface area contributed by atoms with Gasteiger partial charge in [0.05, 0.1) is 18.4 Å². The summed E-state index contributed by atoms with van der Waals surface area (Å²) < 4.78 is 33.0. The van der Waals surface area contributed by atoms with E-state index in [4.69, 9.17) is 9.47 Å². The zero-order chi connectivity index (χ0) is 19.3. The minimum absolute atomic E-state index is 0.172. The van der Waals surface area contributed by atoms with Crippen LogP contribution in [0.5, 0.6) is 5.75 Å². The number of sulfone groups is 1. The van der Waals surface area contributed by atoms with E-state index in [1.165, 1.54) is 26.2 Å². The average molecular weight is 376 g/mol. The van der Waals surface area contributed by atoms with E-state index >= 15 is 0 Å². The van der Waals surface area contributed by atoms with Crippen LogP contribution in [0, 0.1) is 0 Å². The molecule has 0 spiro atoms. The zero-order valence-electron chi connectivity index (χ0n) is 14.8. The molecule has 0 fully saturated rings. The van der Waals surface area contributed by atoms with Crippen molar-refractivity contribution in [3.05, 3.63) is 65.2 Å². The fourth-order valence-corrected chi connectivity index (χ4v) is 3.15. The molecule has 0 bridgehead atoms. The van der Waals surface area contributed by atoms with E-state index in [1.807, 2.05) is 0 Å². The molecule has 0 unspecified atom stereocenters. The normalized spacial score (nSPS) is 12.3. The Morgan fingerprint density at radius 3 is 2.27 bits per heavy atom. The van der Waals surface area contributed by atoms with Crippen LogP contribution in [0.4, 0.5) is 0 Å². The van der Waals surface area contributed by atoms with Crippen LogP contribution in [0.3, 0.4) is 0 Å². The lowest BCUT2D eigenvalue weighted by atomic mass is 10.1. The van der Waals surface area contributed by atoms with Gasteiger partial charge in [-0.25, -0.2) is 13.2 Å². The number of carbonyl (C=O) groups is 2. The summed E-state index contributed by atoms with van der Waals surface area (Å²) in [6, 6.07) is 12.6. The number of rotatable bonds is 7. The second-order valence-corrected chi connectivity index (χ2v) is 8.05. The number of Topliss-reactive ketones (excluding diaryl/α,β-unsaturated/α-hetero) is 1. The molecule has 1 atom stereocenters. The highest BCUT2D eigenvalue weighted by atomic mass is 32.2. The van der Waals surface area contributed by atoms with E-state index in [0.29, 0.717) is 16.9 Å². The maximum atomic E-state index is 12.4. The summed E-state index contributed by atoms with van der Waals surface area (Å²) in [5.74, 6) is -0.578. The van der Waals surface area contributed by atoms with Crippen LogP contribution in [0.25, 0.3) is 0 Å². The molecule has 138 valence electrons. The molecule has 0 aliphatic heterocycles. The molecule has 26 heavy (non-hydrogen) atoms. The molecular weight excluding hydrogens is 356 g/mol. The fourth-order valence-electron chi connectivity index (χ4n) is 2.36. The number of hydrogen-bond acceptors (Lipinski definition) is 6. The van der Waals surface area contributed by atoms with Gasteiger partial charge in [0.25, 0.3) is 0 Å². The molecule has 0 aliphatic carbocycles. The first kappa shape index (κ1) is 19.7. The first-order valence-corrected chi connectivity index (χ1v) is 9.91. The Morgan fingerprint density at radius 2 is 1.69 bits per heavy atom. The molecule has 2 aromatic rings. The Kier molecular flexibility index (Phi) is 6.15. The monoisotopic (exact) mass is 376 g/mol. The molecule has 6 nitrogen and oxygen atoms in total. The minimum Gasteiger partial charge on any atom is -0.497 e. The van der Waals surface area contributed by atoms with E-state index in [9.17, 15) is 18.0 Å². The lowest BCUT2D eigenvalue weighted by Crippen LogP contribution is -2.24. The van der Waals surface area contributed by atoms with Crippen molar-refractivity contribution in [2.45, 2.75) is 18.8 Å². The predicted octanol–water partition coefficient (Wildman–Crippen LogP) is 2.67. The topological polar surface area (TPSA) is 86.7 Å². The number of carbonyl (C=O) groups excluding carboxylic acids is 2. The van der Waals surface area contributed by atoms with Crippen molar-refractivity contribution in [2.75, 3.05) is 13.4 Å². The Morgan fingerprint density at radius 1 is 1.04 bits per heavy atom. The van der Waals surface area contributed by atoms with Crippen molar-refractivity contribution < 1.29 is 27.5 Å². The van der Waals surface area contributed by atoms with Gasteiger partial charge in [-0.3, -0.25) is 4.79 Å². The summed E-state index contributed by atoms with van der Waals surface area (Å²) in [5, 5.41) is 0. The van der Waals surface area contributed by atoms with Gasteiger partial charge in [-0.15, -0.1) is 0 Å². The Bertz CT molecular complexity index is 900. The van der Waals surface area contributed by atoms with Gasteiger partial charge >= 0.3 is 5.97 Å². The molecule has 2 rings (SSSR count). The van der Waals surface area contributed by atoms with Crippen molar-refractivity contribution in [3.8, 4) is 5.75 Å². The molecule has 0 saturated carbocycles. The molecule has 0 heterocycles. The fraction of sp³-hybridized carbons (Fsp3) is 0.263. The van der Waals surface area contributed by atoms with Crippen LogP contribution in [0.1, 0.15) is 33.2 Å². The van der Waals surface area contributed by atoms with Gasteiger partial charge in [0.15, 0.2) is 15.9 Å². The van der Waals surface area contributed by atoms with E-state index in [0.717, 1.165) is 6.26 Å². The maximum absolute atomic E-state index is 12.4. The van der Waals surface area contributed by atoms with Crippen molar-refractivity contribution in [1.29, 1.82) is 0 Å². The quantitative estimate of drug-likeness (QED) is 0.545. The van der Waals surface area contributed by atoms with Crippen LogP contribution in [-0.2, 0) is 20.3 Å². The highest BCUT2D eigenvalue weighted by Gasteiger charge is 2.21. The first-order chi connectivity index (χ1) is 12.2. The van der Waals surface area contributed by atoms with Crippen LogP contribution in [0.15, 0.2) is 48.5 Å². The van der Waals surface area contributed by atoms with Gasteiger partial charge in [-0.1, -0.05) is 12.1 Å². The Hall–Kier alpha value is -2.67. The number of esters is 1. The molecule has 0 radical (unpaired) electrons. The van der Waals surface area contributed by atoms with Crippen molar-refractivity contribution in [2.24, 2.45) is 0 Å². The van der Waals surface area contributed by atoms with E-state index in [-0.39, 0.29) is 17.1 Å². The van der Waals surface area contributed by atoms with Crippen molar-refractivity contribution in [3.63, 3.8) is 0 Å². The Balaban J connectivity index is 2.08. The summed E-state index contributed by atoms with van der Waals surface area (Å²) in [6.45, 7) is 1.49. The van der Waals surface area contributed by atoms with Crippen LogP contribution >= 0.6 is 0 Å². The third kappa shape index (κ3) is 5.42. The highest BCUT2D eigenvalue weighted by Crippen LogP contribution is 2.15. The predicted molar refractivity (Wildman–Crippen MR) is 97.2 cm³/mol. The first-order valence-electron chi connectivity index (χ1n) is 7.85. The molecule has 7 heteroatoms. The third-order valence-electron chi connectivity index (χ3n) is 3.62. The molecule has 0 saturated heterocycles. The Labute approximate surface area is 152 Å². The SMILES string of the molecule is COc1ccc(C(=O)[C@@H](C)OC(=O)c2cccc(CS(C)(=O)=O)c2)cc1. The lowest BCUT2D eigenvalue weighted by molar-refractivity contribution is 0.0318. The largest absolute Gasteiger partial charge is 0.497 e. The van der Waals surface area contributed by atoms with Gasteiger partial charge in [0.1, 0.15) is 5.75 Å². The molecule has 2 aromatic carbocycles. The second kappa shape index (κ2) is 8.14.